The first-order valence-electron chi connectivity index (χ1n) is 43.2. The Bertz CT molecular complexity index is 4860. The zero-order valence-corrected chi connectivity index (χ0v) is 72.2. The zero-order chi connectivity index (χ0) is 90.4. The molecule has 4 aliphatic carbocycles. The van der Waals surface area contributed by atoms with Crippen molar-refractivity contribution in [3.63, 3.8) is 0 Å². The van der Waals surface area contributed by atoms with E-state index in [1.807, 2.05) is 13.8 Å². The standard InChI is InChI=1S/C97H108O30/c1-54(50-114-93-84(126-92(110)66-38-26-15-27-39-66)83(125-91(109)65-36-24-14-25-37-65)80(123-89(107)63-32-20-12-21-33-63)76(120-93)53-113-88(106)62-30-18-11-19-31-62)40-43-72(103)55(2)77-73(104)49-71-69-42-41-67-48-68(44-46-96(67,8)70(69)45-47-97(71,77)9)119-94-86(127-95-85(118-60(7)102)81(117-59(6)101)78(115-57(4)99)74(122-95)51-111-56(3)98)82(124-90(108)64-34-22-13-23-35-64)79(116-58(5)100)75(121-94)52-112-87(105)61-28-16-10-17-29-61/h10-39,54-55,67-71,74-86,93-95H,40-53H2,1-9H3/t54-,55+,67+,68-,69+,70-,71-,74+,75+,76+,77-,78+,79-,80+,81-,82-,83-,84+,85+,86+,93+,94+,95-,96-,97-/m0/s1. The lowest BCUT2D eigenvalue weighted by Gasteiger charge is -2.61. The van der Waals surface area contributed by atoms with Crippen LogP contribution in [0.2, 0.25) is 0 Å². The molecule has 6 aromatic rings. The fourth-order valence-corrected chi connectivity index (χ4v) is 19.8. The van der Waals surface area contributed by atoms with E-state index in [2.05, 4.69) is 13.8 Å². The smallest absolute Gasteiger partial charge is 0.338 e. The van der Waals surface area contributed by atoms with Crippen LogP contribution in [-0.2, 0) is 114 Å². The van der Waals surface area contributed by atoms with Crippen molar-refractivity contribution >= 4 is 77.2 Å². The first-order chi connectivity index (χ1) is 60.9. The Hall–Kier alpha value is -11.4. The van der Waals surface area contributed by atoms with Crippen molar-refractivity contribution in [1.29, 1.82) is 0 Å². The fraction of sp³-hybridized carbons (Fsp3) is 0.495. The maximum atomic E-state index is 15.0. The molecular formula is C97H108O30. The molecule has 3 aliphatic heterocycles. The van der Waals surface area contributed by atoms with Crippen LogP contribution in [0.5, 0.6) is 0 Å². The van der Waals surface area contributed by atoms with Crippen LogP contribution in [-0.4, -0.2) is 202 Å². The van der Waals surface area contributed by atoms with E-state index in [4.69, 9.17) is 80.5 Å². The molecule has 0 amide bonds. The Morgan fingerprint density at radius 3 is 1.19 bits per heavy atom. The lowest BCUT2D eigenvalue weighted by Crippen LogP contribution is -2.67. The lowest BCUT2D eigenvalue weighted by molar-refractivity contribution is -0.373. The molecule has 0 radical (unpaired) electrons. The van der Waals surface area contributed by atoms with Gasteiger partial charge >= 0.3 is 65.7 Å². The minimum absolute atomic E-state index is 0.00751. The second-order valence-electron chi connectivity index (χ2n) is 34.3. The van der Waals surface area contributed by atoms with Crippen LogP contribution >= 0.6 is 0 Å². The first-order valence-corrected chi connectivity index (χ1v) is 43.2. The molecule has 30 heteroatoms. The maximum absolute atomic E-state index is 15.0. The molecule has 0 bridgehead atoms. The number of ether oxygens (including phenoxy) is 17. The molecule has 676 valence electrons. The van der Waals surface area contributed by atoms with E-state index in [9.17, 15) is 62.3 Å². The van der Waals surface area contributed by atoms with E-state index in [0.717, 1.165) is 47.5 Å². The molecule has 0 spiro atoms. The number of benzene rings is 6. The second-order valence-corrected chi connectivity index (χ2v) is 34.3. The molecule has 4 saturated carbocycles. The van der Waals surface area contributed by atoms with E-state index in [1.165, 1.54) is 60.7 Å². The molecule has 3 saturated heterocycles. The van der Waals surface area contributed by atoms with Crippen molar-refractivity contribution in [3.8, 4) is 0 Å². The van der Waals surface area contributed by atoms with E-state index in [1.54, 1.807) is 121 Å². The molecule has 6 aromatic carbocycles. The van der Waals surface area contributed by atoms with Crippen molar-refractivity contribution in [2.24, 2.45) is 52.3 Å². The highest BCUT2D eigenvalue weighted by Crippen LogP contribution is 2.68. The Balaban J connectivity index is 0.726. The summed E-state index contributed by atoms with van der Waals surface area (Å²) in [5.74, 6) is -11.1. The monoisotopic (exact) mass is 1750 g/mol. The molecule has 7 aliphatic rings. The summed E-state index contributed by atoms with van der Waals surface area (Å²) in [6.45, 7) is 11.6. The van der Waals surface area contributed by atoms with Gasteiger partial charge in [-0.1, -0.05) is 137 Å². The highest BCUT2D eigenvalue weighted by molar-refractivity contribution is 5.94. The summed E-state index contributed by atoms with van der Waals surface area (Å²) >= 11 is 0. The van der Waals surface area contributed by atoms with Crippen LogP contribution in [0.15, 0.2) is 182 Å². The third-order valence-corrected chi connectivity index (χ3v) is 25.8. The van der Waals surface area contributed by atoms with Crippen LogP contribution < -0.4 is 0 Å². The molecule has 127 heavy (non-hydrogen) atoms. The van der Waals surface area contributed by atoms with Gasteiger partial charge in [-0.15, -0.1) is 0 Å². The number of carbonyl (C=O) groups excluding carboxylic acids is 13. The minimum Gasteiger partial charge on any atom is -0.463 e. The highest BCUT2D eigenvalue weighted by atomic mass is 16.8. The molecule has 3 heterocycles. The van der Waals surface area contributed by atoms with Gasteiger partial charge in [0.1, 0.15) is 49.7 Å². The van der Waals surface area contributed by atoms with Crippen molar-refractivity contribution in [2.75, 3.05) is 26.4 Å². The number of Topliss-reactive ketones (excluding diaryl/α,β-unsaturated/α-hetero) is 2. The van der Waals surface area contributed by atoms with E-state index in [0.29, 0.717) is 38.5 Å². The summed E-state index contributed by atoms with van der Waals surface area (Å²) in [6, 6.07) is 48.0. The molecule has 7 fully saturated rings. The van der Waals surface area contributed by atoms with Gasteiger partial charge in [0.2, 0.25) is 0 Å². The Morgan fingerprint density at radius 1 is 0.378 bits per heavy atom. The quantitative estimate of drug-likeness (QED) is 0.0215. The average molecular weight is 1750 g/mol. The van der Waals surface area contributed by atoms with Gasteiger partial charge in [-0.2, -0.15) is 0 Å². The van der Waals surface area contributed by atoms with Gasteiger partial charge < -0.3 is 80.5 Å². The van der Waals surface area contributed by atoms with Crippen molar-refractivity contribution in [2.45, 2.75) is 225 Å². The number of carbonyl (C=O) groups is 13. The molecule has 30 nitrogen and oxygen atoms in total. The molecule has 0 unspecified atom stereocenters. The predicted molar refractivity (Wildman–Crippen MR) is 445 cm³/mol. The van der Waals surface area contributed by atoms with Crippen LogP contribution in [0.4, 0.5) is 0 Å². The maximum Gasteiger partial charge on any atom is 0.338 e. The first kappa shape index (κ1) is 93.2. The van der Waals surface area contributed by atoms with Crippen LogP contribution in [0.3, 0.4) is 0 Å². The number of rotatable bonds is 32. The summed E-state index contributed by atoms with van der Waals surface area (Å²) in [7, 11) is 0. The van der Waals surface area contributed by atoms with E-state index in [-0.39, 0.29) is 93.5 Å². The number of esters is 11. The van der Waals surface area contributed by atoms with Crippen molar-refractivity contribution < 1.29 is 143 Å². The summed E-state index contributed by atoms with van der Waals surface area (Å²) in [4.78, 5) is 180. The summed E-state index contributed by atoms with van der Waals surface area (Å²) in [5.41, 5.74) is -0.101. The lowest BCUT2D eigenvalue weighted by atomic mass is 9.44. The van der Waals surface area contributed by atoms with Crippen LogP contribution in [0, 0.1) is 52.3 Å². The van der Waals surface area contributed by atoms with E-state index >= 15 is 0 Å². The molecular weight excluding hydrogens is 1650 g/mol. The summed E-state index contributed by atoms with van der Waals surface area (Å²) in [5, 5.41) is 0. The SMILES string of the molecule is CC(=O)OC[C@H]1O[C@@H](O[C@H]2[C@H](O[C@H]3CC[C@@]4(C)[C@H](CC[C@@H]5[C@@H]4CC[C@]4(C)[C@@H]([C@H](C)C(=O)CC[C@H](C)CO[C@@H]6O[C@H](COC(=O)c7ccccc7)[C@@H](OC(=O)c7ccccc7)[C@H](OC(=O)c7ccccc7)[C@H]6OC(=O)c6ccccc6)C(=O)C[C@@H]54)C3)O[C@H](COC(=O)c3ccccc3)[C@H](OC(C)=O)[C@@H]2OC(=O)c2ccccc2)[C@H](OC(C)=O)[C@@H](OC(C)=O)[C@@H]1OC(C)=O. The Kier molecular flexibility index (Phi) is 30.8. The Labute approximate surface area is 735 Å². The van der Waals surface area contributed by atoms with Crippen molar-refractivity contribution in [1.82, 2.24) is 0 Å². The van der Waals surface area contributed by atoms with Crippen LogP contribution in [0.25, 0.3) is 0 Å². The molecule has 13 rings (SSSR count). The molecule has 25 atom stereocenters. The normalized spacial score (nSPS) is 30.5. The van der Waals surface area contributed by atoms with Gasteiger partial charge in [-0.3, -0.25) is 33.6 Å². The van der Waals surface area contributed by atoms with Gasteiger partial charge in [0.25, 0.3) is 0 Å². The minimum atomic E-state index is -1.93. The van der Waals surface area contributed by atoms with Gasteiger partial charge in [-0.25, -0.2) is 28.8 Å². The van der Waals surface area contributed by atoms with Gasteiger partial charge in [0.15, 0.2) is 73.8 Å². The third-order valence-electron chi connectivity index (χ3n) is 25.8. The van der Waals surface area contributed by atoms with Gasteiger partial charge in [-0.05, 0) is 165 Å². The van der Waals surface area contributed by atoms with Crippen LogP contribution in [0.1, 0.15) is 189 Å². The van der Waals surface area contributed by atoms with Crippen molar-refractivity contribution in [3.05, 3.63) is 215 Å². The number of hydrogen-bond acceptors (Lipinski definition) is 30. The molecule has 0 N–H and O–H groups in total. The van der Waals surface area contributed by atoms with Gasteiger partial charge in [0.05, 0.1) is 46.1 Å². The predicted octanol–water partition coefficient (Wildman–Crippen LogP) is 12.3. The number of hydrogen-bond donors (Lipinski definition) is 0. The zero-order valence-electron chi connectivity index (χ0n) is 72.2. The number of ketones is 2. The van der Waals surface area contributed by atoms with E-state index < -0.39 is 207 Å². The summed E-state index contributed by atoms with van der Waals surface area (Å²) < 4.78 is 106. The fourth-order valence-electron chi connectivity index (χ4n) is 19.8. The largest absolute Gasteiger partial charge is 0.463 e. The Morgan fingerprint density at radius 2 is 0.740 bits per heavy atom. The third kappa shape index (κ3) is 22.4. The topological polar surface area (TPSA) is 379 Å². The van der Waals surface area contributed by atoms with Gasteiger partial charge in [0, 0.05) is 59.3 Å². The molecule has 0 aromatic heterocycles. The highest BCUT2D eigenvalue weighted by Gasteiger charge is 2.65. The average Bonchev–Trinajstić information content (AvgIpc) is 1.57. The number of fused-ring (bicyclic) bond motifs is 5. The summed E-state index contributed by atoms with van der Waals surface area (Å²) in [6.07, 6.45) is -20.6. The second kappa shape index (κ2) is 42.0.